The topological polar surface area (TPSA) is 64.0 Å². The van der Waals surface area contributed by atoms with Crippen molar-refractivity contribution < 1.29 is 8.42 Å². The van der Waals surface area contributed by atoms with E-state index in [9.17, 15) is 8.42 Å². The van der Waals surface area contributed by atoms with Crippen molar-refractivity contribution in [2.24, 2.45) is 0 Å². The van der Waals surface area contributed by atoms with Gasteiger partial charge in [-0.2, -0.15) is 0 Å². The maximum atomic E-state index is 11.3. The first-order valence-electron chi connectivity index (χ1n) is 5.34. The molecule has 16 heavy (non-hydrogen) atoms. The predicted octanol–water partition coefficient (Wildman–Crippen LogP) is 0.598. The number of nitrogens with zero attached hydrogens (tertiary/aromatic N) is 2. The summed E-state index contributed by atoms with van der Waals surface area (Å²) in [6.07, 6.45) is 5.83. The number of nitrogens with one attached hydrogen (secondary N) is 1. The molecule has 0 aromatic carbocycles. The number of aromatic nitrogens is 2. The Labute approximate surface area is 96.8 Å². The fourth-order valence-electron chi connectivity index (χ4n) is 1.65. The molecule has 1 unspecified atom stereocenters. The van der Waals surface area contributed by atoms with Crippen LogP contribution in [0, 0.1) is 0 Å². The molecule has 1 heterocycles. The molecule has 6 heteroatoms. The molecule has 1 N–H and O–H groups in total. The molecule has 1 aromatic heterocycles. The quantitative estimate of drug-likeness (QED) is 0.797. The molecule has 0 fully saturated rings. The minimum absolute atomic E-state index is 0.0736. The van der Waals surface area contributed by atoms with E-state index in [1.807, 2.05) is 10.8 Å². The lowest BCUT2D eigenvalue weighted by molar-refractivity contribution is 0.534. The summed E-state index contributed by atoms with van der Waals surface area (Å²) >= 11 is 0. The Bertz CT molecular complexity index is 425. The van der Waals surface area contributed by atoms with Crippen molar-refractivity contribution in [2.45, 2.75) is 25.9 Å². The maximum absolute atomic E-state index is 11.3. The van der Waals surface area contributed by atoms with E-state index in [0.717, 1.165) is 18.8 Å². The average Bonchev–Trinajstić information content (AvgIpc) is 2.61. The summed E-state index contributed by atoms with van der Waals surface area (Å²) in [6, 6.07) is -0.239. The second-order valence-corrected chi connectivity index (χ2v) is 6.10. The molecule has 0 saturated carbocycles. The van der Waals surface area contributed by atoms with Crippen LogP contribution >= 0.6 is 0 Å². The van der Waals surface area contributed by atoms with Crippen molar-refractivity contribution in [3.05, 3.63) is 18.2 Å². The molecule has 1 aromatic rings. The average molecular weight is 245 g/mol. The van der Waals surface area contributed by atoms with Crippen molar-refractivity contribution in [1.29, 1.82) is 0 Å². The van der Waals surface area contributed by atoms with Crippen LogP contribution in [0.1, 0.15) is 25.2 Å². The third-order valence-corrected chi connectivity index (χ3v) is 3.28. The number of hydrogen-bond donors (Lipinski definition) is 1. The highest BCUT2D eigenvalue weighted by atomic mass is 32.2. The smallest absolute Gasteiger partial charge is 0.149 e. The van der Waals surface area contributed by atoms with Crippen LogP contribution in [0.5, 0.6) is 0 Å². The fraction of sp³-hybridized carbons (Fsp3) is 0.700. The van der Waals surface area contributed by atoms with E-state index < -0.39 is 9.84 Å². The van der Waals surface area contributed by atoms with Gasteiger partial charge in [0.05, 0.1) is 11.8 Å². The minimum atomic E-state index is -3.01. The van der Waals surface area contributed by atoms with Gasteiger partial charge in [-0.25, -0.2) is 13.4 Å². The molecular formula is C10H19N3O2S. The summed E-state index contributed by atoms with van der Waals surface area (Å²) in [5.41, 5.74) is 0. The Hall–Kier alpha value is -0.880. The van der Waals surface area contributed by atoms with Crippen LogP contribution in [0.3, 0.4) is 0 Å². The van der Waals surface area contributed by atoms with Gasteiger partial charge in [-0.15, -0.1) is 0 Å². The Kier molecular flexibility index (Phi) is 4.49. The Balaban J connectivity index is 2.90. The summed E-state index contributed by atoms with van der Waals surface area (Å²) in [6.45, 7) is 2.94. The predicted molar refractivity (Wildman–Crippen MR) is 64.0 cm³/mol. The zero-order valence-electron chi connectivity index (χ0n) is 9.97. The van der Waals surface area contributed by atoms with Crippen molar-refractivity contribution in [3.63, 3.8) is 0 Å². The molecule has 1 rings (SSSR count). The van der Waals surface area contributed by atoms with E-state index in [0.29, 0.717) is 0 Å². The second-order valence-electron chi connectivity index (χ2n) is 3.91. The summed E-state index contributed by atoms with van der Waals surface area (Å²) in [5, 5.41) is 3.00. The second kappa shape index (κ2) is 5.45. The highest BCUT2D eigenvalue weighted by molar-refractivity contribution is 7.90. The number of imidazole rings is 1. The first-order chi connectivity index (χ1) is 7.48. The van der Waals surface area contributed by atoms with Crippen LogP contribution in [-0.2, 0) is 16.4 Å². The molecule has 0 amide bonds. The Morgan fingerprint density at radius 3 is 2.75 bits per heavy atom. The molecule has 1 atom stereocenters. The van der Waals surface area contributed by atoms with Gasteiger partial charge in [0.1, 0.15) is 15.7 Å². The van der Waals surface area contributed by atoms with Crippen molar-refractivity contribution >= 4 is 9.84 Å². The van der Waals surface area contributed by atoms with Crippen molar-refractivity contribution in [2.75, 3.05) is 19.1 Å². The van der Waals surface area contributed by atoms with E-state index in [-0.39, 0.29) is 11.8 Å². The number of hydrogen-bond acceptors (Lipinski definition) is 4. The molecule has 0 bridgehead atoms. The largest absolute Gasteiger partial charge is 0.334 e. The zero-order valence-corrected chi connectivity index (χ0v) is 10.8. The Morgan fingerprint density at radius 2 is 2.25 bits per heavy atom. The van der Waals surface area contributed by atoms with E-state index in [2.05, 4.69) is 17.2 Å². The van der Waals surface area contributed by atoms with E-state index in [1.54, 1.807) is 13.2 Å². The number of sulfone groups is 1. The number of aryl methyl sites for hydroxylation is 1. The van der Waals surface area contributed by atoms with Crippen LogP contribution in [-0.4, -0.2) is 37.0 Å². The van der Waals surface area contributed by atoms with Crippen molar-refractivity contribution in [3.8, 4) is 0 Å². The van der Waals surface area contributed by atoms with Gasteiger partial charge < -0.3 is 9.88 Å². The SMILES string of the molecule is CCCn1ccnc1C(CS(C)(=O)=O)NC. The van der Waals surface area contributed by atoms with E-state index >= 15 is 0 Å². The normalized spacial score (nSPS) is 13.9. The van der Waals surface area contributed by atoms with Gasteiger partial charge in [-0.3, -0.25) is 0 Å². The standard InChI is InChI=1S/C10H19N3O2S/c1-4-6-13-7-5-12-10(13)9(11-2)8-16(3,14)15/h5,7,9,11H,4,6,8H2,1-3H3. The van der Waals surface area contributed by atoms with Gasteiger partial charge in [0.15, 0.2) is 0 Å². The highest BCUT2D eigenvalue weighted by Gasteiger charge is 2.19. The van der Waals surface area contributed by atoms with Gasteiger partial charge in [-0.05, 0) is 13.5 Å². The van der Waals surface area contributed by atoms with E-state index in [4.69, 9.17) is 0 Å². The summed E-state index contributed by atoms with van der Waals surface area (Å²) in [5.74, 6) is 0.860. The van der Waals surface area contributed by atoms with Crippen LogP contribution in [0.4, 0.5) is 0 Å². The molecule has 0 aliphatic heterocycles. The zero-order chi connectivity index (χ0) is 12.2. The fourth-order valence-corrected chi connectivity index (χ4v) is 2.57. The van der Waals surface area contributed by atoms with Gasteiger partial charge >= 0.3 is 0 Å². The first kappa shape index (κ1) is 13.2. The summed E-state index contributed by atoms with van der Waals surface area (Å²) < 4.78 is 24.6. The minimum Gasteiger partial charge on any atom is -0.334 e. The maximum Gasteiger partial charge on any atom is 0.149 e. The molecular weight excluding hydrogens is 226 g/mol. The van der Waals surface area contributed by atoms with Gasteiger partial charge in [0.2, 0.25) is 0 Å². The number of rotatable bonds is 6. The Morgan fingerprint density at radius 1 is 1.56 bits per heavy atom. The van der Waals surface area contributed by atoms with Crippen LogP contribution in [0.25, 0.3) is 0 Å². The van der Waals surface area contributed by atoms with Crippen LogP contribution in [0.15, 0.2) is 12.4 Å². The lowest BCUT2D eigenvalue weighted by Crippen LogP contribution is -2.27. The molecule has 0 aliphatic carbocycles. The summed E-state index contributed by atoms with van der Waals surface area (Å²) in [4.78, 5) is 4.23. The monoisotopic (exact) mass is 245 g/mol. The molecule has 0 spiro atoms. The van der Waals surface area contributed by atoms with E-state index in [1.165, 1.54) is 6.26 Å². The molecule has 0 aliphatic rings. The third-order valence-electron chi connectivity index (χ3n) is 2.34. The van der Waals surface area contributed by atoms with Gasteiger partial charge in [0.25, 0.3) is 0 Å². The van der Waals surface area contributed by atoms with Crippen LogP contribution < -0.4 is 5.32 Å². The molecule has 0 saturated heterocycles. The van der Waals surface area contributed by atoms with Gasteiger partial charge in [0, 0.05) is 25.2 Å². The lowest BCUT2D eigenvalue weighted by Gasteiger charge is -2.16. The molecule has 92 valence electrons. The third kappa shape index (κ3) is 3.61. The lowest BCUT2D eigenvalue weighted by atomic mass is 10.3. The first-order valence-corrected chi connectivity index (χ1v) is 7.40. The summed E-state index contributed by atoms with van der Waals surface area (Å²) in [7, 11) is -1.26. The van der Waals surface area contributed by atoms with Crippen LogP contribution in [0.2, 0.25) is 0 Å². The molecule has 5 nitrogen and oxygen atoms in total. The molecule has 0 radical (unpaired) electrons. The highest BCUT2D eigenvalue weighted by Crippen LogP contribution is 2.13. The van der Waals surface area contributed by atoms with Gasteiger partial charge in [-0.1, -0.05) is 6.92 Å². The van der Waals surface area contributed by atoms with Crippen molar-refractivity contribution in [1.82, 2.24) is 14.9 Å².